The number of rotatable bonds is 10. The third-order valence-corrected chi connectivity index (χ3v) is 3.66. The summed E-state index contributed by atoms with van der Waals surface area (Å²) in [4.78, 5) is 12.7. The molecule has 0 aliphatic rings. The first-order chi connectivity index (χ1) is 11.5. The van der Waals surface area contributed by atoms with E-state index >= 15 is 0 Å². The number of amides is 1. The van der Waals surface area contributed by atoms with E-state index in [9.17, 15) is 10.1 Å². The number of hydrogen-bond donors (Lipinski definition) is 1. The van der Waals surface area contributed by atoms with Crippen LogP contribution in [0.25, 0.3) is 0 Å². The molecule has 1 amide bonds. The second-order valence-electron chi connectivity index (χ2n) is 5.95. The van der Waals surface area contributed by atoms with Crippen molar-refractivity contribution in [3.05, 3.63) is 23.8 Å². The van der Waals surface area contributed by atoms with Crippen molar-refractivity contribution >= 4 is 11.6 Å². The summed E-state index contributed by atoms with van der Waals surface area (Å²) in [5.74, 6) is 0.404. The number of hydrogen-bond acceptors (Lipinski definition) is 4. The predicted molar refractivity (Wildman–Crippen MR) is 95.1 cm³/mol. The summed E-state index contributed by atoms with van der Waals surface area (Å²) in [7, 11) is 0. The number of anilines is 1. The van der Waals surface area contributed by atoms with E-state index in [1.54, 1.807) is 25.1 Å². The minimum absolute atomic E-state index is 0.225. The Morgan fingerprint density at radius 2 is 1.92 bits per heavy atom. The average molecular weight is 332 g/mol. The molecule has 0 fully saturated rings. The van der Waals surface area contributed by atoms with Gasteiger partial charge >= 0.3 is 0 Å². The van der Waals surface area contributed by atoms with E-state index < -0.39 is 5.60 Å². The molecule has 0 radical (unpaired) electrons. The monoisotopic (exact) mass is 332 g/mol. The van der Waals surface area contributed by atoms with Gasteiger partial charge in [0.15, 0.2) is 0 Å². The van der Waals surface area contributed by atoms with Gasteiger partial charge < -0.3 is 14.8 Å². The normalized spacial score (nSPS) is 13.0. The fourth-order valence-corrected chi connectivity index (χ4v) is 2.34. The third kappa shape index (κ3) is 5.54. The van der Waals surface area contributed by atoms with Gasteiger partial charge in [0.2, 0.25) is 0 Å². The minimum atomic E-state index is -0.894. The smallest absolute Gasteiger partial charge is 0.256 e. The summed E-state index contributed by atoms with van der Waals surface area (Å²) in [6, 6.07) is 7.22. The van der Waals surface area contributed by atoms with Gasteiger partial charge in [-0.25, -0.2) is 0 Å². The molecule has 0 bridgehead atoms. The fourth-order valence-electron chi connectivity index (χ4n) is 2.34. The second kappa shape index (κ2) is 9.94. The molecule has 0 saturated heterocycles. The summed E-state index contributed by atoms with van der Waals surface area (Å²) >= 11 is 0. The largest absolute Gasteiger partial charge is 0.494 e. The molecule has 1 atom stereocenters. The lowest BCUT2D eigenvalue weighted by molar-refractivity contribution is -0.140. The molecule has 132 valence electrons. The first-order valence-electron chi connectivity index (χ1n) is 8.63. The number of nitrogens with zero attached hydrogens (tertiary/aromatic N) is 1. The molecule has 0 aromatic heterocycles. The first-order valence-corrected chi connectivity index (χ1v) is 8.63. The molecule has 1 rings (SSSR count). The van der Waals surface area contributed by atoms with E-state index in [-0.39, 0.29) is 5.91 Å². The zero-order valence-electron chi connectivity index (χ0n) is 15.1. The quantitative estimate of drug-likeness (QED) is 0.694. The van der Waals surface area contributed by atoms with Crippen molar-refractivity contribution in [3.63, 3.8) is 0 Å². The minimum Gasteiger partial charge on any atom is -0.494 e. The number of benzene rings is 1. The van der Waals surface area contributed by atoms with E-state index in [0.29, 0.717) is 36.6 Å². The highest BCUT2D eigenvalue weighted by molar-refractivity contribution is 5.98. The molecule has 0 saturated carbocycles. The van der Waals surface area contributed by atoms with Crippen molar-refractivity contribution in [2.24, 2.45) is 0 Å². The Morgan fingerprint density at radius 1 is 1.21 bits per heavy atom. The fraction of sp³-hybridized carbons (Fsp3) is 0.579. The van der Waals surface area contributed by atoms with Crippen LogP contribution in [0.4, 0.5) is 5.69 Å². The predicted octanol–water partition coefficient (Wildman–Crippen LogP) is 4.27. The van der Waals surface area contributed by atoms with Gasteiger partial charge in [0.05, 0.1) is 17.9 Å². The maximum Gasteiger partial charge on any atom is 0.256 e. The summed E-state index contributed by atoms with van der Waals surface area (Å²) in [5, 5.41) is 12.2. The molecule has 0 aliphatic carbocycles. The molecule has 0 heterocycles. The van der Waals surface area contributed by atoms with Crippen molar-refractivity contribution in [3.8, 4) is 11.8 Å². The van der Waals surface area contributed by atoms with Crippen LogP contribution < -0.4 is 10.1 Å². The van der Waals surface area contributed by atoms with E-state index in [1.165, 1.54) is 0 Å². The van der Waals surface area contributed by atoms with Gasteiger partial charge in [0.25, 0.3) is 5.91 Å². The Morgan fingerprint density at radius 3 is 2.50 bits per heavy atom. The van der Waals surface area contributed by atoms with E-state index in [4.69, 9.17) is 9.47 Å². The van der Waals surface area contributed by atoms with Crippen molar-refractivity contribution < 1.29 is 14.3 Å². The lowest BCUT2D eigenvalue weighted by atomic mass is 9.98. The SMILES string of the molecule is CCCOc1ccc(NC(=O)[C@](C)(CCC)OCCC)c(C#N)c1. The molecule has 5 nitrogen and oxygen atoms in total. The summed E-state index contributed by atoms with van der Waals surface area (Å²) in [6.45, 7) is 8.96. The van der Waals surface area contributed by atoms with E-state index in [2.05, 4.69) is 11.4 Å². The van der Waals surface area contributed by atoms with E-state index in [1.807, 2.05) is 20.8 Å². The summed E-state index contributed by atoms with van der Waals surface area (Å²) in [5.41, 5.74) is -0.0328. The van der Waals surface area contributed by atoms with Gasteiger partial charge in [-0.3, -0.25) is 4.79 Å². The van der Waals surface area contributed by atoms with E-state index in [0.717, 1.165) is 19.3 Å². The van der Waals surface area contributed by atoms with Gasteiger partial charge in [0, 0.05) is 6.61 Å². The van der Waals surface area contributed by atoms with Gasteiger partial charge in [-0.1, -0.05) is 27.2 Å². The van der Waals surface area contributed by atoms with Gasteiger partial charge in [-0.15, -0.1) is 0 Å². The standard InChI is InChI=1S/C19H28N2O3/c1-5-10-19(4,24-12-7-3)18(22)21-17-9-8-16(23-11-6-2)13-15(17)14-20/h8-9,13H,5-7,10-12H2,1-4H3,(H,21,22)/t19-/m0/s1. The Hall–Kier alpha value is -2.06. The van der Waals surface area contributed by atoms with Crippen LogP contribution in [0.1, 0.15) is 58.9 Å². The maximum absolute atomic E-state index is 12.7. The highest BCUT2D eigenvalue weighted by atomic mass is 16.5. The van der Waals surface area contributed by atoms with Crippen LogP contribution in [0.15, 0.2) is 18.2 Å². The zero-order chi connectivity index (χ0) is 18.0. The summed E-state index contributed by atoms with van der Waals surface area (Å²) < 4.78 is 11.3. The first kappa shape index (κ1) is 20.0. The average Bonchev–Trinajstić information content (AvgIpc) is 2.59. The Balaban J connectivity index is 2.93. The van der Waals surface area contributed by atoms with Crippen LogP contribution in [0, 0.1) is 11.3 Å². The van der Waals surface area contributed by atoms with Crippen molar-refractivity contribution in [2.45, 2.75) is 59.0 Å². The topological polar surface area (TPSA) is 71.3 Å². The number of carbonyl (C=O) groups excluding carboxylic acids is 1. The molecule has 24 heavy (non-hydrogen) atoms. The Kier molecular flexibility index (Phi) is 8.28. The molecule has 1 N–H and O–H groups in total. The van der Waals surface area contributed by atoms with Crippen molar-refractivity contribution in [2.75, 3.05) is 18.5 Å². The van der Waals surface area contributed by atoms with Crippen LogP contribution in [-0.4, -0.2) is 24.7 Å². The lowest BCUT2D eigenvalue weighted by Crippen LogP contribution is -2.43. The highest BCUT2D eigenvalue weighted by Crippen LogP contribution is 2.25. The van der Waals surface area contributed by atoms with Gasteiger partial charge in [-0.2, -0.15) is 5.26 Å². The number of nitrogens with one attached hydrogen (secondary N) is 1. The van der Waals surface area contributed by atoms with Crippen LogP contribution >= 0.6 is 0 Å². The van der Waals surface area contributed by atoms with Crippen molar-refractivity contribution in [1.29, 1.82) is 5.26 Å². The molecule has 0 spiro atoms. The lowest BCUT2D eigenvalue weighted by Gasteiger charge is -2.28. The maximum atomic E-state index is 12.7. The highest BCUT2D eigenvalue weighted by Gasteiger charge is 2.33. The zero-order valence-corrected chi connectivity index (χ0v) is 15.1. The Bertz CT molecular complexity index is 580. The summed E-state index contributed by atoms with van der Waals surface area (Å²) in [6.07, 6.45) is 3.20. The number of ether oxygens (including phenoxy) is 2. The van der Waals surface area contributed by atoms with Crippen LogP contribution in [0.2, 0.25) is 0 Å². The molecule has 0 unspecified atom stereocenters. The van der Waals surface area contributed by atoms with Gasteiger partial charge in [0.1, 0.15) is 17.4 Å². The third-order valence-electron chi connectivity index (χ3n) is 3.66. The Labute approximate surface area is 145 Å². The van der Waals surface area contributed by atoms with Crippen molar-refractivity contribution in [1.82, 2.24) is 0 Å². The molecule has 1 aromatic rings. The number of nitriles is 1. The molecular formula is C19H28N2O3. The van der Waals surface area contributed by atoms with Crippen LogP contribution in [0.5, 0.6) is 5.75 Å². The van der Waals surface area contributed by atoms with Crippen LogP contribution in [0.3, 0.4) is 0 Å². The van der Waals surface area contributed by atoms with Crippen LogP contribution in [-0.2, 0) is 9.53 Å². The molecule has 5 heteroatoms. The van der Waals surface area contributed by atoms with Gasteiger partial charge in [-0.05, 0) is 44.4 Å². The molecule has 1 aromatic carbocycles. The molecular weight excluding hydrogens is 304 g/mol. The number of carbonyl (C=O) groups is 1. The molecule has 0 aliphatic heterocycles. The second-order valence-corrected chi connectivity index (χ2v) is 5.95.